The van der Waals surface area contributed by atoms with Crippen LogP contribution in [0.1, 0.15) is 11.1 Å². The molecule has 9 nitrogen and oxygen atoms in total. The molecule has 0 fully saturated rings. The van der Waals surface area contributed by atoms with E-state index in [-0.39, 0.29) is 17.9 Å². The average molecular weight is 507 g/mol. The van der Waals surface area contributed by atoms with Crippen LogP contribution in [0, 0.1) is 6.92 Å². The van der Waals surface area contributed by atoms with Crippen molar-refractivity contribution in [2.75, 3.05) is 23.1 Å². The molecule has 9 heteroatoms. The fourth-order valence-electron chi connectivity index (χ4n) is 3.88. The van der Waals surface area contributed by atoms with Crippen molar-refractivity contribution in [3.63, 3.8) is 0 Å². The number of aromatic nitrogens is 3. The van der Waals surface area contributed by atoms with Gasteiger partial charge in [0.1, 0.15) is 11.5 Å². The van der Waals surface area contributed by atoms with Crippen LogP contribution >= 0.6 is 0 Å². The third kappa shape index (κ3) is 6.14. The normalized spacial score (nSPS) is 10.6. The minimum atomic E-state index is -0.540. The molecule has 2 amide bonds. The molecule has 0 bridgehead atoms. The molecule has 1 aromatic heterocycles. The first-order valence-electron chi connectivity index (χ1n) is 12.0. The highest BCUT2D eigenvalue weighted by Gasteiger charge is 2.13. The molecule has 38 heavy (non-hydrogen) atoms. The first-order valence-corrected chi connectivity index (χ1v) is 12.0. The molecule has 3 N–H and O–H groups in total. The van der Waals surface area contributed by atoms with Crippen LogP contribution in [-0.2, 0) is 6.54 Å². The Balaban J connectivity index is 1.39. The number of hydrogen-bond donors (Lipinski definition) is 3. The molecule has 0 aliphatic rings. The Morgan fingerprint density at radius 3 is 2.42 bits per heavy atom. The summed E-state index contributed by atoms with van der Waals surface area (Å²) < 4.78 is 11.3. The van der Waals surface area contributed by atoms with E-state index in [9.17, 15) is 4.79 Å². The molecular formula is C29H26N6O3. The van der Waals surface area contributed by atoms with E-state index in [2.05, 4.69) is 37.0 Å². The Hall–Kier alpha value is -5.18. The van der Waals surface area contributed by atoms with Crippen LogP contribution in [0.25, 0.3) is 10.8 Å². The summed E-state index contributed by atoms with van der Waals surface area (Å²) in [6.07, 6.45) is 0. The van der Waals surface area contributed by atoms with Crippen LogP contribution in [0.5, 0.6) is 17.5 Å². The number of carbonyl (C=O) groups is 1. The molecule has 4 aromatic carbocycles. The summed E-state index contributed by atoms with van der Waals surface area (Å²) in [6, 6.07) is 28.4. The second-order valence-corrected chi connectivity index (χ2v) is 8.50. The summed E-state index contributed by atoms with van der Waals surface area (Å²) in [7, 11) is 1.53. The number of urea groups is 1. The van der Waals surface area contributed by atoms with Crippen LogP contribution < -0.4 is 25.4 Å². The lowest BCUT2D eigenvalue weighted by molar-refractivity contribution is 0.262. The van der Waals surface area contributed by atoms with Crippen molar-refractivity contribution in [1.82, 2.24) is 15.0 Å². The van der Waals surface area contributed by atoms with E-state index in [4.69, 9.17) is 9.47 Å². The third-order valence-corrected chi connectivity index (χ3v) is 5.66. The Bertz CT molecular complexity index is 1590. The molecule has 0 radical (unpaired) electrons. The molecule has 0 saturated heterocycles. The number of ether oxygens (including phenoxy) is 2. The van der Waals surface area contributed by atoms with Crippen LogP contribution in [0.15, 0.2) is 91.0 Å². The number of rotatable bonds is 8. The van der Waals surface area contributed by atoms with Crippen LogP contribution in [0.3, 0.4) is 0 Å². The Labute approximate surface area is 219 Å². The van der Waals surface area contributed by atoms with Gasteiger partial charge in [-0.25, -0.2) is 4.79 Å². The van der Waals surface area contributed by atoms with Gasteiger partial charge in [0.15, 0.2) is 0 Å². The topological polar surface area (TPSA) is 110 Å². The number of methoxy groups -OCH3 is 1. The molecule has 1 heterocycles. The molecule has 5 rings (SSSR count). The lowest BCUT2D eigenvalue weighted by atomic mass is 10.1. The van der Waals surface area contributed by atoms with E-state index in [0.717, 1.165) is 21.9 Å². The van der Waals surface area contributed by atoms with E-state index in [0.29, 0.717) is 23.7 Å². The summed E-state index contributed by atoms with van der Waals surface area (Å²) in [5.41, 5.74) is 2.72. The van der Waals surface area contributed by atoms with Crippen molar-refractivity contribution < 1.29 is 14.3 Å². The second kappa shape index (κ2) is 11.3. The van der Waals surface area contributed by atoms with Crippen molar-refractivity contribution in [2.24, 2.45) is 0 Å². The lowest BCUT2D eigenvalue weighted by Crippen LogP contribution is -2.22. The number of nitrogens with zero attached hydrogens (tertiary/aromatic N) is 3. The monoisotopic (exact) mass is 506 g/mol. The van der Waals surface area contributed by atoms with E-state index in [1.165, 1.54) is 7.11 Å². The van der Waals surface area contributed by atoms with Gasteiger partial charge in [0.25, 0.3) is 0 Å². The summed E-state index contributed by atoms with van der Waals surface area (Å²) >= 11 is 0. The van der Waals surface area contributed by atoms with Crippen LogP contribution in [0.2, 0.25) is 0 Å². The predicted octanol–water partition coefficient (Wildman–Crippen LogP) is 6.39. The van der Waals surface area contributed by atoms with Gasteiger partial charge in [-0.3, -0.25) is 5.32 Å². The molecular weight excluding hydrogens is 480 g/mol. The van der Waals surface area contributed by atoms with Gasteiger partial charge in [-0.05, 0) is 47.5 Å². The Kier molecular flexibility index (Phi) is 7.26. The van der Waals surface area contributed by atoms with Gasteiger partial charge < -0.3 is 20.1 Å². The van der Waals surface area contributed by atoms with Crippen molar-refractivity contribution >= 4 is 34.4 Å². The molecule has 5 aromatic rings. The third-order valence-electron chi connectivity index (χ3n) is 5.66. The maximum absolute atomic E-state index is 12.8. The zero-order valence-corrected chi connectivity index (χ0v) is 20.9. The second-order valence-electron chi connectivity index (χ2n) is 8.50. The van der Waals surface area contributed by atoms with Crippen molar-refractivity contribution in [2.45, 2.75) is 13.5 Å². The van der Waals surface area contributed by atoms with Gasteiger partial charge in [-0.2, -0.15) is 15.0 Å². The van der Waals surface area contributed by atoms with Gasteiger partial charge >= 0.3 is 12.0 Å². The smallest absolute Gasteiger partial charge is 0.328 e. The number of nitrogens with one attached hydrogen (secondary N) is 3. The van der Waals surface area contributed by atoms with Crippen molar-refractivity contribution in [1.29, 1.82) is 0 Å². The SMILES string of the molecule is COc1ccccc1NC(=O)Nc1nc(NCc2cccc(C)c2)nc(Oc2ccc3ccccc3c2)n1. The van der Waals surface area contributed by atoms with Crippen molar-refractivity contribution in [3.8, 4) is 17.5 Å². The zero-order valence-electron chi connectivity index (χ0n) is 20.9. The summed E-state index contributed by atoms with van der Waals surface area (Å²) in [4.78, 5) is 25.9. The van der Waals surface area contributed by atoms with Gasteiger partial charge in [0, 0.05) is 6.54 Å². The number of aryl methyl sites for hydroxylation is 1. The minimum Gasteiger partial charge on any atom is -0.495 e. The molecule has 0 aliphatic heterocycles. The molecule has 0 spiro atoms. The maximum atomic E-state index is 12.8. The average Bonchev–Trinajstić information content (AvgIpc) is 2.92. The van der Waals surface area contributed by atoms with Crippen molar-refractivity contribution in [3.05, 3.63) is 102 Å². The molecule has 0 atom stereocenters. The number of benzene rings is 4. The number of para-hydroxylation sites is 2. The molecule has 0 saturated carbocycles. The highest BCUT2D eigenvalue weighted by Crippen LogP contribution is 2.26. The summed E-state index contributed by atoms with van der Waals surface area (Å²) in [5.74, 6) is 1.36. The molecule has 0 aliphatic carbocycles. The molecule has 190 valence electrons. The predicted molar refractivity (Wildman–Crippen MR) is 148 cm³/mol. The van der Waals surface area contributed by atoms with Gasteiger partial charge in [0.2, 0.25) is 11.9 Å². The lowest BCUT2D eigenvalue weighted by Gasteiger charge is -2.12. The van der Waals surface area contributed by atoms with Crippen LogP contribution in [0.4, 0.5) is 22.4 Å². The van der Waals surface area contributed by atoms with Crippen LogP contribution in [-0.4, -0.2) is 28.1 Å². The Morgan fingerprint density at radius 1 is 0.789 bits per heavy atom. The fourth-order valence-corrected chi connectivity index (χ4v) is 3.88. The highest BCUT2D eigenvalue weighted by atomic mass is 16.5. The summed E-state index contributed by atoms with van der Waals surface area (Å²) in [6.45, 7) is 2.51. The fraction of sp³-hybridized carbons (Fsp3) is 0.103. The van der Waals surface area contributed by atoms with Gasteiger partial charge in [-0.1, -0.05) is 72.3 Å². The van der Waals surface area contributed by atoms with E-state index < -0.39 is 6.03 Å². The van der Waals surface area contributed by atoms with E-state index >= 15 is 0 Å². The number of amides is 2. The van der Waals surface area contributed by atoms with Gasteiger partial charge in [-0.15, -0.1) is 0 Å². The first kappa shape index (κ1) is 24.5. The molecule has 0 unspecified atom stereocenters. The van der Waals surface area contributed by atoms with Gasteiger partial charge in [0.05, 0.1) is 12.8 Å². The van der Waals surface area contributed by atoms with E-state index in [1.54, 1.807) is 18.2 Å². The quantitative estimate of drug-likeness (QED) is 0.224. The summed E-state index contributed by atoms with van der Waals surface area (Å²) in [5, 5.41) is 10.7. The Morgan fingerprint density at radius 2 is 1.58 bits per heavy atom. The maximum Gasteiger partial charge on any atom is 0.328 e. The highest BCUT2D eigenvalue weighted by molar-refractivity contribution is 5.99. The van der Waals surface area contributed by atoms with E-state index in [1.807, 2.05) is 73.7 Å². The number of fused-ring (bicyclic) bond motifs is 1. The standard InChI is InChI=1S/C29H26N6O3/c1-19-8-7-9-20(16-19)18-30-26-32-27(33-28(36)31-24-12-5-6-13-25(24)37-2)35-29(34-26)38-23-15-14-21-10-3-4-11-22(21)17-23/h3-17H,18H2,1-2H3,(H3,30,31,32,33,34,35,36). The first-order chi connectivity index (χ1) is 18.6. The number of hydrogen-bond acceptors (Lipinski definition) is 7. The minimum absolute atomic E-state index is 0.0231. The number of carbonyl (C=O) groups excluding carboxylic acids is 1. The largest absolute Gasteiger partial charge is 0.495 e. The zero-order chi connectivity index (χ0) is 26.3. The number of anilines is 3.